The lowest BCUT2D eigenvalue weighted by molar-refractivity contribution is -0.105. The normalized spacial score (nSPS) is 10.4. The summed E-state index contributed by atoms with van der Waals surface area (Å²) in [5, 5.41) is 3.70. The fourth-order valence-electron chi connectivity index (χ4n) is 1.92. The van der Waals surface area contributed by atoms with E-state index in [1.807, 2.05) is 42.7 Å². The Morgan fingerprint density at radius 3 is 2.72 bits per heavy atom. The van der Waals surface area contributed by atoms with Crippen LogP contribution < -0.4 is 5.32 Å². The minimum absolute atomic E-state index is 0.669. The average molecular weight is 237 g/mol. The summed E-state index contributed by atoms with van der Waals surface area (Å²) in [6.45, 7) is 0. The van der Waals surface area contributed by atoms with E-state index in [-0.39, 0.29) is 0 Å². The summed E-state index contributed by atoms with van der Waals surface area (Å²) in [5.74, 6) is 0. The molecule has 0 bridgehead atoms. The Labute approximate surface area is 104 Å². The van der Waals surface area contributed by atoms with E-state index in [4.69, 9.17) is 0 Å². The van der Waals surface area contributed by atoms with Gasteiger partial charge in [-0.2, -0.15) is 0 Å². The zero-order chi connectivity index (χ0) is 12.4. The molecule has 4 heteroatoms. The van der Waals surface area contributed by atoms with Crippen LogP contribution in [0.15, 0.2) is 48.8 Å². The maximum atomic E-state index is 10.3. The molecule has 2 N–H and O–H groups in total. The number of rotatable bonds is 3. The van der Waals surface area contributed by atoms with Crippen LogP contribution in [0.5, 0.6) is 0 Å². The largest absolute Gasteiger partial charge is 0.346 e. The topological polar surface area (TPSA) is 57.8 Å². The fourth-order valence-corrected chi connectivity index (χ4v) is 1.92. The van der Waals surface area contributed by atoms with E-state index in [0.717, 1.165) is 27.8 Å². The smallest absolute Gasteiger partial charge is 0.211 e. The van der Waals surface area contributed by atoms with Crippen LogP contribution >= 0.6 is 0 Å². The SMILES string of the molecule is O=CNc1ccc(-c2cnc3[nH]ccc3c2)cc1. The van der Waals surface area contributed by atoms with Crippen LogP contribution in [0, 0.1) is 0 Å². The number of pyridine rings is 1. The van der Waals surface area contributed by atoms with E-state index in [2.05, 4.69) is 21.4 Å². The first-order valence-corrected chi connectivity index (χ1v) is 5.60. The number of aromatic amines is 1. The molecular weight excluding hydrogens is 226 g/mol. The Hall–Kier alpha value is -2.62. The first kappa shape index (κ1) is 10.5. The molecule has 1 aromatic carbocycles. The molecule has 88 valence electrons. The third-order valence-corrected chi connectivity index (χ3v) is 2.84. The van der Waals surface area contributed by atoms with E-state index in [1.54, 1.807) is 0 Å². The highest BCUT2D eigenvalue weighted by Gasteiger charge is 2.01. The van der Waals surface area contributed by atoms with Crippen LogP contribution in [-0.2, 0) is 4.79 Å². The van der Waals surface area contributed by atoms with Crippen molar-refractivity contribution in [3.05, 3.63) is 48.8 Å². The van der Waals surface area contributed by atoms with Crippen molar-refractivity contribution in [1.29, 1.82) is 0 Å². The highest BCUT2D eigenvalue weighted by Crippen LogP contribution is 2.23. The van der Waals surface area contributed by atoms with Gasteiger partial charge in [-0.25, -0.2) is 4.98 Å². The van der Waals surface area contributed by atoms with Gasteiger partial charge in [0.2, 0.25) is 6.41 Å². The van der Waals surface area contributed by atoms with Gasteiger partial charge in [0, 0.05) is 29.0 Å². The first-order valence-electron chi connectivity index (χ1n) is 5.60. The van der Waals surface area contributed by atoms with E-state index in [0.29, 0.717) is 6.41 Å². The second-order valence-corrected chi connectivity index (χ2v) is 3.98. The minimum atomic E-state index is 0.669. The Bertz CT molecular complexity index is 686. The zero-order valence-electron chi connectivity index (χ0n) is 9.55. The number of fused-ring (bicyclic) bond motifs is 1. The lowest BCUT2D eigenvalue weighted by atomic mass is 10.1. The van der Waals surface area contributed by atoms with Crippen molar-refractivity contribution in [1.82, 2.24) is 9.97 Å². The van der Waals surface area contributed by atoms with Gasteiger partial charge in [0.05, 0.1) is 0 Å². The van der Waals surface area contributed by atoms with Gasteiger partial charge in [0.25, 0.3) is 0 Å². The molecule has 1 amide bonds. The number of anilines is 1. The van der Waals surface area contributed by atoms with Crippen LogP contribution in [0.3, 0.4) is 0 Å². The predicted octanol–water partition coefficient (Wildman–Crippen LogP) is 2.80. The predicted molar refractivity (Wildman–Crippen MR) is 71.2 cm³/mol. The summed E-state index contributed by atoms with van der Waals surface area (Å²) in [7, 11) is 0. The van der Waals surface area contributed by atoms with Crippen molar-refractivity contribution < 1.29 is 4.79 Å². The summed E-state index contributed by atoms with van der Waals surface area (Å²) in [6, 6.07) is 11.7. The fraction of sp³-hybridized carbons (Fsp3) is 0. The van der Waals surface area contributed by atoms with Gasteiger partial charge in [0.1, 0.15) is 5.65 Å². The molecule has 0 saturated heterocycles. The van der Waals surface area contributed by atoms with Gasteiger partial charge < -0.3 is 10.3 Å². The monoisotopic (exact) mass is 237 g/mol. The molecule has 18 heavy (non-hydrogen) atoms. The van der Waals surface area contributed by atoms with Gasteiger partial charge in [-0.3, -0.25) is 4.79 Å². The number of H-pyrrole nitrogens is 1. The van der Waals surface area contributed by atoms with Gasteiger partial charge >= 0.3 is 0 Å². The van der Waals surface area contributed by atoms with Crippen molar-refractivity contribution in [2.24, 2.45) is 0 Å². The van der Waals surface area contributed by atoms with Crippen LogP contribution in [0.2, 0.25) is 0 Å². The number of aromatic nitrogens is 2. The van der Waals surface area contributed by atoms with Gasteiger partial charge in [-0.1, -0.05) is 12.1 Å². The number of benzene rings is 1. The summed E-state index contributed by atoms with van der Waals surface area (Å²) in [5.41, 5.74) is 3.80. The molecule has 0 aliphatic heterocycles. The second kappa shape index (κ2) is 4.33. The number of carbonyl (C=O) groups is 1. The molecule has 0 saturated carbocycles. The molecule has 3 aromatic rings. The second-order valence-electron chi connectivity index (χ2n) is 3.98. The summed E-state index contributed by atoms with van der Waals surface area (Å²) >= 11 is 0. The maximum absolute atomic E-state index is 10.3. The lowest BCUT2D eigenvalue weighted by Gasteiger charge is -2.03. The Kier molecular flexibility index (Phi) is 2.53. The maximum Gasteiger partial charge on any atom is 0.211 e. The molecule has 0 atom stereocenters. The number of carbonyl (C=O) groups excluding carboxylic acids is 1. The Morgan fingerprint density at radius 1 is 1.11 bits per heavy atom. The van der Waals surface area contributed by atoms with Crippen LogP contribution in [0.25, 0.3) is 22.2 Å². The van der Waals surface area contributed by atoms with Crippen LogP contribution in [0.1, 0.15) is 0 Å². The molecular formula is C14H11N3O. The molecule has 0 fully saturated rings. The van der Waals surface area contributed by atoms with Gasteiger partial charge in [-0.15, -0.1) is 0 Å². The molecule has 2 aromatic heterocycles. The number of amides is 1. The zero-order valence-corrected chi connectivity index (χ0v) is 9.55. The molecule has 3 rings (SSSR count). The number of nitrogens with one attached hydrogen (secondary N) is 2. The highest BCUT2D eigenvalue weighted by atomic mass is 16.1. The van der Waals surface area contributed by atoms with Crippen molar-refractivity contribution in [2.45, 2.75) is 0 Å². The van der Waals surface area contributed by atoms with Crippen LogP contribution in [0.4, 0.5) is 5.69 Å². The average Bonchev–Trinajstić information content (AvgIpc) is 2.87. The third-order valence-electron chi connectivity index (χ3n) is 2.84. The molecule has 0 radical (unpaired) electrons. The Morgan fingerprint density at radius 2 is 1.94 bits per heavy atom. The van der Waals surface area contributed by atoms with Crippen molar-refractivity contribution in [2.75, 3.05) is 5.32 Å². The summed E-state index contributed by atoms with van der Waals surface area (Å²) in [4.78, 5) is 17.7. The number of hydrogen-bond acceptors (Lipinski definition) is 2. The van der Waals surface area contributed by atoms with Crippen molar-refractivity contribution in [3.63, 3.8) is 0 Å². The summed E-state index contributed by atoms with van der Waals surface area (Å²) in [6.07, 6.45) is 4.38. The van der Waals surface area contributed by atoms with E-state index in [9.17, 15) is 4.79 Å². The van der Waals surface area contributed by atoms with E-state index >= 15 is 0 Å². The highest BCUT2D eigenvalue weighted by molar-refractivity contribution is 5.82. The molecule has 2 heterocycles. The van der Waals surface area contributed by atoms with Crippen molar-refractivity contribution >= 4 is 23.1 Å². The molecule has 0 aliphatic carbocycles. The van der Waals surface area contributed by atoms with Gasteiger partial charge in [-0.05, 0) is 29.8 Å². The standard InChI is InChI=1S/C14H11N3O/c18-9-17-13-3-1-10(2-4-13)12-7-11-5-6-15-14(11)16-8-12/h1-9H,(H,15,16)(H,17,18). The van der Waals surface area contributed by atoms with Gasteiger partial charge in [0.15, 0.2) is 0 Å². The molecule has 0 unspecified atom stereocenters. The van der Waals surface area contributed by atoms with Crippen LogP contribution in [-0.4, -0.2) is 16.4 Å². The number of nitrogens with zero attached hydrogens (tertiary/aromatic N) is 1. The minimum Gasteiger partial charge on any atom is -0.346 e. The van der Waals surface area contributed by atoms with E-state index < -0.39 is 0 Å². The third kappa shape index (κ3) is 1.84. The first-order chi connectivity index (χ1) is 8.86. The molecule has 4 nitrogen and oxygen atoms in total. The van der Waals surface area contributed by atoms with E-state index in [1.165, 1.54) is 0 Å². The number of hydrogen-bond donors (Lipinski definition) is 2. The quantitative estimate of drug-likeness (QED) is 0.688. The van der Waals surface area contributed by atoms with Crippen molar-refractivity contribution in [3.8, 4) is 11.1 Å². The molecule has 0 spiro atoms. The lowest BCUT2D eigenvalue weighted by Crippen LogP contribution is -1.92. The summed E-state index contributed by atoms with van der Waals surface area (Å²) < 4.78 is 0. The molecule has 0 aliphatic rings. The Balaban J connectivity index is 1.99.